The van der Waals surface area contributed by atoms with E-state index in [4.69, 9.17) is 0 Å². The molecule has 2 aliphatic carbocycles. The molecule has 0 N–H and O–H groups in total. The van der Waals surface area contributed by atoms with Crippen LogP contribution in [-0.4, -0.2) is 11.3 Å². The third kappa shape index (κ3) is 8.90. The van der Waals surface area contributed by atoms with Gasteiger partial charge in [0.15, 0.2) is 0 Å². The molecule has 1 unspecified atom stereocenters. The zero-order chi connectivity index (χ0) is 15.3. The highest BCUT2D eigenvalue weighted by atomic mass is 31.1. The van der Waals surface area contributed by atoms with Gasteiger partial charge in [0.2, 0.25) is 0 Å². The van der Waals surface area contributed by atoms with Crippen LogP contribution in [0, 0.1) is 0 Å². The number of hydrogen-bond donors (Lipinski definition) is 0. The molecule has 0 heterocycles. The maximum absolute atomic E-state index is 1.56. The summed E-state index contributed by atoms with van der Waals surface area (Å²) in [6.45, 7) is 0. The summed E-state index contributed by atoms with van der Waals surface area (Å²) >= 11 is 0. The second kappa shape index (κ2) is 12.8. The van der Waals surface area contributed by atoms with Crippen LogP contribution >= 0.6 is 8.58 Å². The Kier molecular flexibility index (Phi) is 10.9. The van der Waals surface area contributed by atoms with Crippen LogP contribution in [0.25, 0.3) is 0 Å². The summed E-state index contributed by atoms with van der Waals surface area (Å²) in [6.07, 6.45) is 29.0. The molecule has 0 amide bonds. The van der Waals surface area contributed by atoms with E-state index in [1.807, 2.05) is 0 Å². The summed E-state index contributed by atoms with van der Waals surface area (Å²) in [5.41, 5.74) is 2.21. The van der Waals surface area contributed by atoms with E-state index in [2.05, 4.69) is 0 Å². The molecule has 0 saturated heterocycles. The van der Waals surface area contributed by atoms with Crippen LogP contribution in [0.15, 0.2) is 0 Å². The van der Waals surface area contributed by atoms with Crippen molar-refractivity contribution < 1.29 is 0 Å². The van der Waals surface area contributed by atoms with E-state index in [9.17, 15) is 0 Å². The lowest BCUT2D eigenvalue weighted by Crippen LogP contribution is -2.10. The van der Waals surface area contributed by atoms with Gasteiger partial charge in [-0.05, 0) is 37.0 Å². The number of hydrogen-bond acceptors (Lipinski definition) is 0. The predicted molar refractivity (Wildman–Crippen MR) is 104 cm³/mol. The molecule has 0 bridgehead atoms. The van der Waals surface area contributed by atoms with E-state index in [-0.39, 0.29) is 0 Å². The fourth-order valence-corrected chi connectivity index (χ4v) is 6.61. The SMILES string of the molecule is C1CCCCCC(PC2CCCCCCCCC2)CCCC1. The third-order valence-corrected chi connectivity index (χ3v) is 8.03. The van der Waals surface area contributed by atoms with Gasteiger partial charge in [0, 0.05) is 0 Å². The number of rotatable bonds is 2. The monoisotopic (exact) mass is 324 g/mol. The highest BCUT2D eigenvalue weighted by Crippen LogP contribution is 2.39. The van der Waals surface area contributed by atoms with Crippen LogP contribution in [-0.2, 0) is 0 Å². The summed E-state index contributed by atoms with van der Waals surface area (Å²) in [5.74, 6) is 0. The fraction of sp³-hybridized carbons (Fsp3) is 1.00. The first-order valence-electron chi connectivity index (χ1n) is 10.7. The van der Waals surface area contributed by atoms with Gasteiger partial charge in [0.05, 0.1) is 0 Å². The fourth-order valence-electron chi connectivity index (χ4n) is 4.46. The third-order valence-electron chi connectivity index (χ3n) is 5.93. The first-order valence-corrected chi connectivity index (χ1v) is 11.9. The van der Waals surface area contributed by atoms with E-state index in [1.54, 1.807) is 25.7 Å². The molecular weight excluding hydrogens is 283 g/mol. The molecule has 1 atom stereocenters. The van der Waals surface area contributed by atoms with Gasteiger partial charge in [0.1, 0.15) is 0 Å². The highest BCUT2D eigenvalue weighted by molar-refractivity contribution is 7.39. The van der Waals surface area contributed by atoms with Gasteiger partial charge >= 0.3 is 0 Å². The van der Waals surface area contributed by atoms with Crippen molar-refractivity contribution in [3.63, 3.8) is 0 Å². The Morgan fingerprint density at radius 2 is 0.545 bits per heavy atom. The molecule has 2 aliphatic rings. The van der Waals surface area contributed by atoms with Gasteiger partial charge < -0.3 is 0 Å². The van der Waals surface area contributed by atoms with Crippen LogP contribution < -0.4 is 0 Å². The molecule has 0 aromatic carbocycles. The lowest BCUT2D eigenvalue weighted by atomic mass is 10.0. The maximum Gasteiger partial charge on any atom is -0.0234 e. The molecule has 0 aromatic rings. The molecule has 130 valence electrons. The van der Waals surface area contributed by atoms with Crippen molar-refractivity contribution in [2.45, 2.75) is 133 Å². The van der Waals surface area contributed by atoms with Crippen molar-refractivity contribution >= 4 is 8.58 Å². The Bertz CT molecular complexity index is 228. The molecule has 0 radical (unpaired) electrons. The van der Waals surface area contributed by atoms with Crippen molar-refractivity contribution in [2.24, 2.45) is 0 Å². The van der Waals surface area contributed by atoms with E-state index < -0.39 is 0 Å². The predicted octanol–water partition coefficient (Wildman–Crippen LogP) is 7.84. The first kappa shape index (κ1) is 18.8. The average molecular weight is 325 g/mol. The zero-order valence-corrected chi connectivity index (χ0v) is 16.1. The quantitative estimate of drug-likeness (QED) is 0.454. The summed E-state index contributed by atoms with van der Waals surface area (Å²) in [5, 5.41) is 0. The van der Waals surface area contributed by atoms with Crippen molar-refractivity contribution in [3.05, 3.63) is 0 Å². The summed E-state index contributed by atoms with van der Waals surface area (Å²) in [4.78, 5) is 0. The Morgan fingerprint density at radius 3 is 0.818 bits per heavy atom. The van der Waals surface area contributed by atoms with E-state index in [0.717, 1.165) is 11.3 Å². The van der Waals surface area contributed by atoms with Crippen molar-refractivity contribution in [3.8, 4) is 0 Å². The minimum atomic E-state index is 1.10. The molecule has 0 aromatic heterocycles. The van der Waals surface area contributed by atoms with Crippen molar-refractivity contribution in [1.29, 1.82) is 0 Å². The van der Waals surface area contributed by atoms with Gasteiger partial charge in [-0.1, -0.05) is 96.3 Å². The highest BCUT2D eigenvalue weighted by Gasteiger charge is 2.17. The molecule has 2 fully saturated rings. The van der Waals surface area contributed by atoms with Crippen LogP contribution in [0.2, 0.25) is 0 Å². The first-order chi connectivity index (χ1) is 10.9. The van der Waals surface area contributed by atoms with E-state index in [1.165, 1.54) is 105 Å². The summed E-state index contributed by atoms with van der Waals surface area (Å²) < 4.78 is 0. The molecule has 1 heteroatoms. The zero-order valence-electron chi connectivity index (χ0n) is 15.1. The van der Waals surface area contributed by atoms with Crippen LogP contribution in [0.1, 0.15) is 122 Å². The van der Waals surface area contributed by atoms with Gasteiger partial charge in [-0.25, -0.2) is 0 Å². The van der Waals surface area contributed by atoms with Crippen LogP contribution in [0.3, 0.4) is 0 Å². The Morgan fingerprint density at radius 1 is 0.318 bits per heavy atom. The molecule has 22 heavy (non-hydrogen) atoms. The van der Waals surface area contributed by atoms with Crippen LogP contribution in [0.5, 0.6) is 0 Å². The summed E-state index contributed by atoms with van der Waals surface area (Å²) in [6, 6.07) is 0. The molecule has 0 nitrogen and oxygen atoms in total. The Balaban J connectivity index is 1.75. The lowest BCUT2D eigenvalue weighted by Gasteiger charge is -2.25. The topological polar surface area (TPSA) is 0 Å². The minimum absolute atomic E-state index is 1.10. The largest absolute Gasteiger partial charge is 0.116 e. The van der Waals surface area contributed by atoms with Crippen LogP contribution in [0.4, 0.5) is 0 Å². The maximum atomic E-state index is 1.56. The van der Waals surface area contributed by atoms with Gasteiger partial charge in [0.25, 0.3) is 0 Å². The van der Waals surface area contributed by atoms with E-state index in [0.29, 0.717) is 0 Å². The standard InChI is InChI=1S/C21H41P/c1-2-5-9-13-17-20(16-12-8-4-1)22-21-18-14-10-6-3-7-11-15-19-21/h20-22H,1-19H2. The van der Waals surface area contributed by atoms with Gasteiger partial charge in [-0.2, -0.15) is 0 Å². The van der Waals surface area contributed by atoms with Crippen molar-refractivity contribution in [1.82, 2.24) is 0 Å². The Hall–Kier alpha value is 0.430. The molecule has 0 aliphatic heterocycles. The minimum Gasteiger partial charge on any atom is -0.116 e. The van der Waals surface area contributed by atoms with Crippen molar-refractivity contribution in [2.75, 3.05) is 0 Å². The van der Waals surface area contributed by atoms with Gasteiger partial charge in [-0.15, -0.1) is 8.58 Å². The normalized spacial score (nSPS) is 26.7. The smallest absolute Gasteiger partial charge is 0.0234 e. The lowest BCUT2D eigenvalue weighted by molar-refractivity contribution is 0.506. The molecule has 2 rings (SSSR count). The molecular formula is C21H41P. The van der Waals surface area contributed by atoms with E-state index >= 15 is 0 Å². The molecule has 2 saturated carbocycles. The average Bonchev–Trinajstić information content (AvgIpc) is 2.60. The Labute approximate surface area is 142 Å². The molecule has 0 spiro atoms. The summed E-state index contributed by atoms with van der Waals surface area (Å²) in [7, 11) is 1.30. The second-order valence-corrected chi connectivity index (χ2v) is 9.98. The van der Waals surface area contributed by atoms with Gasteiger partial charge in [-0.3, -0.25) is 0 Å². The second-order valence-electron chi connectivity index (χ2n) is 8.02.